The third kappa shape index (κ3) is 4.09. The number of hydrogen-bond donors (Lipinski definition) is 2. The highest BCUT2D eigenvalue weighted by Crippen LogP contribution is 2.16. The van der Waals surface area contributed by atoms with Crippen LogP contribution in [0, 0.1) is 11.6 Å². The molecule has 1 atom stereocenters. The molecular weight excluding hydrogens is 296 g/mol. The molecule has 0 fully saturated rings. The van der Waals surface area contributed by atoms with Gasteiger partial charge in [-0.25, -0.2) is 13.6 Å². The molecule has 0 radical (unpaired) electrons. The van der Waals surface area contributed by atoms with E-state index in [2.05, 4.69) is 5.32 Å². The molecule has 2 N–H and O–H groups in total. The van der Waals surface area contributed by atoms with Crippen molar-refractivity contribution in [2.75, 3.05) is 0 Å². The van der Waals surface area contributed by atoms with Crippen LogP contribution in [0.4, 0.5) is 8.78 Å². The van der Waals surface area contributed by atoms with E-state index in [9.17, 15) is 13.6 Å². The molecule has 0 amide bonds. The second-order valence-electron chi connectivity index (χ2n) is 4.79. The summed E-state index contributed by atoms with van der Waals surface area (Å²) in [6.45, 7) is 2.30. The summed E-state index contributed by atoms with van der Waals surface area (Å²) in [5.74, 6) is -2.06. The number of benzene rings is 1. The number of halogens is 2. The molecule has 112 valence electrons. The Balaban J connectivity index is 1.92. The van der Waals surface area contributed by atoms with Crippen molar-refractivity contribution in [2.24, 2.45) is 0 Å². The summed E-state index contributed by atoms with van der Waals surface area (Å²) in [4.78, 5) is 11.6. The van der Waals surface area contributed by atoms with Crippen LogP contribution in [0.25, 0.3) is 0 Å². The highest BCUT2D eigenvalue weighted by molar-refractivity contribution is 7.10. The Morgan fingerprint density at radius 2 is 2.05 bits per heavy atom. The van der Waals surface area contributed by atoms with E-state index < -0.39 is 17.6 Å². The zero-order chi connectivity index (χ0) is 15.4. The predicted molar refractivity (Wildman–Crippen MR) is 77.6 cm³/mol. The molecule has 0 saturated carbocycles. The summed E-state index contributed by atoms with van der Waals surface area (Å²) in [6.07, 6.45) is 0.232. The van der Waals surface area contributed by atoms with E-state index >= 15 is 0 Å². The fourth-order valence-corrected chi connectivity index (χ4v) is 2.77. The van der Waals surface area contributed by atoms with Crippen LogP contribution in [-0.2, 0) is 13.0 Å². The summed E-state index contributed by atoms with van der Waals surface area (Å²) < 4.78 is 27.1. The van der Waals surface area contributed by atoms with Crippen LogP contribution < -0.4 is 5.32 Å². The molecule has 1 aromatic carbocycles. The Morgan fingerprint density at radius 3 is 2.62 bits per heavy atom. The Kier molecular flexibility index (Phi) is 5.03. The molecule has 0 aliphatic heterocycles. The van der Waals surface area contributed by atoms with E-state index in [-0.39, 0.29) is 23.6 Å². The Labute approximate surface area is 125 Å². The monoisotopic (exact) mass is 311 g/mol. The van der Waals surface area contributed by atoms with E-state index in [0.29, 0.717) is 6.54 Å². The summed E-state index contributed by atoms with van der Waals surface area (Å²) in [6, 6.07) is 5.28. The lowest BCUT2D eigenvalue weighted by atomic mass is 10.1. The van der Waals surface area contributed by atoms with Crippen LogP contribution in [0.2, 0.25) is 0 Å². The second-order valence-corrected chi connectivity index (χ2v) is 5.79. The maximum Gasteiger partial charge on any atom is 0.336 e. The average molecular weight is 311 g/mol. The van der Waals surface area contributed by atoms with Crippen molar-refractivity contribution >= 4 is 17.3 Å². The molecule has 1 unspecified atom stereocenters. The maximum atomic E-state index is 13.5. The minimum Gasteiger partial charge on any atom is -0.478 e. The van der Waals surface area contributed by atoms with Crippen LogP contribution in [0.1, 0.15) is 27.7 Å². The summed E-state index contributed by atoms with van der Waals surface area (Å²) in [5, 5.41) is 13.5. The topological polar surface area (TPSA) is 49.3 Å². The number of thiophene rings is 1. The third-order valence-corrected chi connectivity index (χ3v) is 4.03. The number of rotatable bonds is 6. The second kappa shape index (κ2) is 6.78. The minimum atomic E-state index is -0.959. The van der Waals surface area contributed by atoms with Gasteiger partial charge in [-0.15, -0.1) is 11.3 Å². The number of carbonyl (C=O) groups is 1. The maximum absolute atomic E-state index is 13.5. The molecule has 0 aliphatic rings. The van der Waals surface area contributed by atoms with Gasteiger partial charge in [-0.3, -0.25) is 0 Å². The van der Waals surface area contributed by atoms with Gasteiger partial charge in [-0.1, -0.05) is 6.07 Å². The lowest BCUT2D eigenvalue weighted by Gasteiger charge is -2.14. The zero-order valence-electron chi connectivity index (χ0n) is 11.4. The third-order valence-electron chi connectivity index (χ3n) is 3.10. The average Bonchev–Trinajstić information content (AvgIpc) is 2.90. The minimum absolute atomic E-state index is 0.0647. The summed E-state index contributed by atoms with van der Waals surface area (Å²) in [5.41, 5.74) is 0.319. The summed E-state index contributed by atoms with van der Waals surface area (Å²) >= 11 is 1.34. The van der Waals surface area contributed by atoms with E-state index in [1.54, 1.807) is 11.4 Å². The zero-order valence-corrected chi connectivity index (χ0v) is 12.2. The van der Waals surface area contributed by atoms with Crippen molar-refractivity contribution in [2.45, 2.75) is 25.9 Å². The van der Waals surface area contributed by atoms with Crippen LogP contribution in [0.3, 0.4) is 0 Å². The molecule has 0 bridgehead atoms. The van der Waals surface area contributed by atoms with Gasteiger partial charge in [0.25, 0.3) is 0 Å². The quantitative estimate of drug-likeness (QED) is 0.859. The fourth-order valence-electron chi connectivity index (χ4n) is 1.97. The molecule has 3 nitrogen and oxygen atoms in total. The smallest absolute Gasteiger partial charge is 0.336 e. The first-order valence-corrected chi connectivity index (χ1v) is 7.32. The van der Waals surface area contributed by atoms with Gasteiger partial charge in [0.05, 0.1) is 5.56 Å². The Hall–Kier alpha value is -1.79. The van der Waals surface area contributed by atoms with Gasteiger partial charge in [0, 0.05) is 28.4 Å². The number of carboxylic acid groups (broad SMARTS) is 1. The van der Waals surface area contributed by atoms with Crippen molar-refractivity contribution < 1.29 is 18.7 Å². The highest BCUT2D eigenvalue weighted by atomic mass is 32.1. The molecule has 1 aromatic heterocycles. The Bertz CT molecular complexity index is 622. The van der Waals surface area contributed by atoms with Crippen LogP contribution in [0.15, 0.2) is 29.6 Å². The summed E-state index contributed by atoms with van der Waals surface area (Å²) in [7, 11) is 0. The molecular formula is C15H15F2NO2S. The largest absolute Gasteiger partial charge is 0.478 e. The first-order valence-electron chi connectivity index (χ1n) is 6.44. The standard InChI is InChI=1S/C15H15F2NO2S/c1-9(5-12-13(16)3-2-4-14(12)17)18-7-11-6-10(8-21-11)15(19)20/h2-4,6,8-9,18H,5,7H2,1H3,(H,19,20). The molecule has 1 heterocycles. The molecule has 0 saturated heterocycles. The van der Waals surface area contributed by atoms with Gasteiger partial charge in [-0.2, -0.15) is 0 Å². The van der Waals surface area contributed by atoms with Crippen molar-refractivity contribution in [1.29, 1.82) is 0 Å². The van der Waals surface area contributed by atoms with Crippen LogP contribution >= 0.6 is 11.3 Å². The fraction of sp³-hybridized carbons (Fsp3) is 0.267. The van der Waals surface area contributed by atoms with Gasteiger partial charge in [0.2, 0.25) is 0 Å². The van der Waals surface area contributed by atoms with Crippen molar-refractivity contribution in [3.8, 4) is 0 Å². The van der Waals surface area contributed by atoms with E-state index in [0.717, 1.165) is 4.88 Å². The number of nitrogens with one attached hydrogen (secondary N) is 1. The van der Waals surface area contributed by atoms with E-state index in [1.165, 1.54) is 29.5 Å². The van der Waals surface area contributed by atoms with Gasteiger partial charge >= 0.3 is 5.97 Å². The first kappa shape index (κ1) is 15.6. The SMILES string of the molecule is CC(Cc1c(F)cccc1F)NCc1cc(C(=O)O)cs1. The van der Waals surface area contributed by atoms with E-state index in [4.69, 9.17) is 5.11 Å². The molecule has 2 rings (SSSR count). The van der Waals surface area contributed by atoms with Crippen molar-refractivity contribution in [1.82, 2.24) is 5.32 Å². The van der Waals surface area contributed by atoms with Crippen molar-refractivity contribution in [3.05, 3.63) is 57.3 Å². The molecule has 2 aromatic rings. The van der Waals surface area contributed by atoms with Crippen LogP contribution in [-0.4, -0.2) is 17.1 Å². The molecule has 6 heteroatoms. The van der Waals surface area contributed by atoms with Gasteiger partial charge in [-0.05, 0) is 31.5 Å². The number of hydrogen-bond acceptors (Lipinski definition) is 3. The van der Waals surface area contributed by atoms with E-state index in [1.807, 2.05) is 6.92 Å². The lowest BCUT2D eigenvalue weighted by Crippen LogP contribution is -2.28. The lowest BCUT2D eigenvalue weighted by molar-refractivity contribution is 0.0697. The highest BCUT2D eigenvalue weighted by Gasteiger charge is 2.13. The first-order chi connectivity index (χ1) is 9.97. The van der Waals surface area contributed by atoms with Gasteiger partial charge < -0.3 is 10.4 Å². The van der Waals surface area contributed by atoms with Crippen molar-refractivity contribution in [3.63, 3.8) is 0 Å². The van der Waals surface area contributed by atoms with Crippen LogP contribution in [0.5, 0.6) is 0 Å². The molecule has 0 spiro atoms. The van der Waals surface area contributed by atoms with Gasteiger partial charge in [0.15, 0.2) is 0 Å². The number of carboxylic acids is 1. The molecule has 21 heavy (non-hydrogen) atoms. The van der Waals surface area contributed by atoms with Gasteiger partial charge in [0.1, 0.15) is 11.6 Å². The molecule has 0 aliphatic carbocycles. The predicted octanol–water partition coefficient (Wildman–Crippen LogP) is 3.45. The normalized spacial score (nSPS) is 12.3. The number of aromatic carboxylic acids is 1. The Morgan fingerprint density at radius 1 is 1.38 bits per heavy atom.